The summed E-state index contributed by atoms with van der Waals surface area (Å²) in [4.78, 5) is 15.1. The minimum absolute atomic E-state index is 0.0589. The van der Waals surface area contributed by atoms with Crippen molar-refractivity contribution in [2.45, 2.75) is 50.6 Å². The quantitative estimate of drug-likeness (QED) is 0.519. The van der Waals surface area contributed by atoms with E-state index in [-0.39, 0.29) is 23.8 Å². The lowest BCUT2D eigenvalue weighted by atomic mass is 10.1. The zero-order valence-corrected chi connectivity index (χ0v) is 22.2. The summed E-state index contributed by atoms with van der Waals surface area (Å²) in [7, 11) is 1.47. The monoisotopic (exact) mass is 502 g/mol. The molecule has 9 heteroatoms. The maximum absolute atomic E-state index is 13.1. The van der Waals surface area contributed by atoms with Gasteiger partial charge in [-0.05, 0) is 87.8 Å². The molecule has 1 heterocycles. The first-order valence-electron chi connectivity index (χ1n) is 12.0. The molecule has 2 aromatic carbocycles. The maximum atomic E-state index is 13.1. The van der Waals surface area contributed by atoms with E-state index in [1.165, 1.54) is 11.4 Å². The number of aryl methyl sites for hydroxylation is 2. The second kappa shape index (κ2) is 12.0. The summed E-state index contributed by atoms with van der Waals surface area (Å²) >= 11 is 0. The normalized spacial score (nSPS) is 15.4. The lowest BCUT2D eigenvalue weighted by Gasteiger charge is -2.29. The van der Waals surface area contributed by atoms with Crippen molar-refractivity contribution in [1.29, 1.82) is 0 Å². The van der Waals surface area contributed by atoms with E-state index < -0.39 is 10.0 Å². The third-order valence-electron chi connectivity index (χ3n) is 6.54. The van der Waals surface area contributed by atoms with Gasteiger partial charge < -0.3 is 20.3 Å². The first-order chi connectivity index (χ1) is 16.6. The van der Waals surface area contributed by atoms with E-state index in [2.05, 4.69) is 22.6 Å². The molecule has 0 atom stereocenters. The molecule has 3 rings (SSSR count). The molecule has 0 saturated carbocycles. The summed E-state index contributed by atoms with van der Waals surface area (Å²) in [6.07, 6.45) is 2.38. The third-order valence-corrected chi connectivity index (χ3v) is 8.71. The number of ether oxygens (including phenoxy) is 1. The molecule has 1 aliphatic rings. The van der Waals surface area contributed by atoms with Crippen LogP contribution >= 0.6 is 0 Å². The van der Waals surface area contributed by atoms with Crippen LogP contribution in [0.4, 0.5) is 5.69 Å². The second-order valence-corrected chi connectivity index (χ2v) is 11.4. The highest BCUT2D eigenvalue weighted by Gasteiger charge is 2.26. The fraction of sp³-hybridized carbons (Fsp3) is 0.500. The van der Waals surface area contributed by atoms with Crippen LogP contribution in [0.2, 0.25) is 0 Å². The molecule has 8 nitrogen and oxygen atoms in total. The lowest BCUT2D eigenvalue weighted by molar-refractivity contribution is -0.116. The highest BCUT2D eigenvalue weighted by molar-refractivity contribution is 7.89. The van der Waals surface area contributed by atoms with E-state index in [0.717, 1.165) is 38.0 Å². The van der Waals surface area contributed by atoms with Gasteiger partial charge in [0.2, 0.25) is 15.9 Å². The smallest absolute Gasteiger partial charge is 0.243 e. The van der Waals surface area contributed by atoms with Crippen LogP contribution < -0.4 is 15.4 Å². The molecule has 0 unspecified atom stereocenters. The highest BCUT2D eigenvalue weighted by atomic mass is 32.2. The average Bonchev–Trinajstić information content (AvgIpc) is 2.82. The standard InChI is InChI=1S/C26H38N4O4S/c1-19-16-24(34-5)17-20(2)26(19)35(32,33)30(4)15-12-25(31)28-23-8-6-21(7-9-23)18-27-22-10-13-29(3)14-11-22/h6-9,16-17,22,27H,10-15,18H2,1-5H3,(H,28,31). The summed E-state index contributed by atoms with van der Waals surface area (Å²) < 4.78 is 32.7. The van der Waals surface area contributed by atoms with Crippen LogP contribution in [0.25, 0.3) is 0 Å². The third kappa shape index (κ3) is 7.27. The van der Waals surface area contributed by atoms with Crippen molar-refractivity contribution in [3.05, 3.63) is 53.1 Å². The highest BCUT2D eigenvalue weighted by Crippen LogP contribution is 2.27. The van der Waals surface area contributed by atoms with E-state index >= 15 is 0 Å². The molecular weight excluding hydrogens is 464 g/mol. The molecule has 1 aliphatic heterocycles. The predicted octanol–water partition coefficient (Wildman–Crippen LogP) is 3.15. The molecule has 0 radical (unpaired) electrons. The Bertz CT molecular complexity index is 1090. The molecule has 0 bridgehead atoms. The van der Waals surface area contributed by atoms with Crippen molar-refractivity contribution in [2.24, 2.45) is 0 Å². The predicted molar refractivity (Wildman–Crippen MR) is 139 cm³/mol. The Kier molecular flexibility index (Phi) is 9.29. The van der Waals surface area contributed by atoms with Crippen LogP contribution in [0.3, 0.4) is 0 Å². The number of hydrogen-bond donors (Lipinski definition) is 2. The van der Waals surface area contributed by atoms with Crippen molar-refractivity contribution in [3.63, 3.8) is 0 Å². The van der Waals surface area contributed by atoms with Gasteiger partial charge in [-0.1, -0.05) is 12.1 Å². The van der Waals surface area contributed by atoms with Gasteiger partial charge in [-0.15, -0.1) is 0 Å². The van der Waals surface area contributed by atoms with Crippen LogP contribution in [0.15, 0.2) is 41.3 Å². The number of likely N-dealkylation sites (tertiary alicyclic amines) is 1. The molecule has 192 valence electrons. The Labute approximate surface area is 209 Å². The van der Waals surface area contributed by atoms with Crippen LogP contribution in [0.1, 0.15) is 36.0 Å². The average molecular weight is 503 g/mol. The van der Waals surface area contributed by atoms with E-state index in [1.54, 1.807) is 33.1 Å². The molecular formula is C26H38N4O4S. The van der Waals surface area contributed by atoms with Crippen molar-refractivity contribution < 1.29 is 17.9 Å². The molecule has 2 aromatic rings. The summed E-state index contributed by atoms with van der Waals surface area (Å²) in [5.41, 5.74) is 3.09. The Balaban J connectivity index is 1.50. The number of benzene rings is 2. The molecule has 35 heavy (non-hydrogen) atoms. The summed E-state index contributed by atoms with van der Waals surface area (Å²) in [6.45, 7) is 6.62. The largest absolute Gasteiger partial charge is 0.497 e. The molecule has 0 spiro atoms. The zero-order valence-electron chi connectivity index (χ0n) is 21.4. The number of anilines is 1. The fourth-order valence-corrected chi connectivity index (χ4v) is 5.95. The van der Waals surface area contributed by atoms with Crippen LogP contribution in [-0.2, 0) is 21.4 Å². The molecule has 1 amide bonds. The molecule has 1 fully saturated rings. The van der Waals surface area contributed by atoms with Gasteiger partial charge in [0.25, 0.3) is 0 Å². The summed E-state index contributed by atoms with van der Waals surface area (Å²) in [5, 5.41) is 6.47. The first kappa shape index (κ1) is 27.1. The number of rotatable bonds is 10. The van der Waals surface area contributed by atoms with E-state index in [1.807, 2.05) is 24.3 Å². The molecule has 0 aromatic heterocycles. The maximum Gasteiger partial charge on any atom is 0.243 e. The van der Waals surface area contributed by atoms with Gasteiger partial charge >= 0.3 is 0 Å². The number of nitrogens with one attached hydrogen (secondary N) is 2. The minimum Gasteiger partial charge on any atom is -0.497 e. The second-order valence-electron chi connectivity index (χ2n) is 9.37. The number of amides is 1. The van der Waals surface area contributed by atoms with Crippen LogP contribution in [0, 0.1) is 13.8 Å². The van der Waals surface area contributed by atoms with E-state index in [4.69, 9.17) is 4.74 Å². The number of sulfonamides is 1. The number of hydrogen-bond acceptors (Lipinski definition) is 6. The zero-order chi connectivity index (χ0) is 25.6. The van der Waals surface area contributed by atoms with Crippen molar-refractivity contribution in [1.82, 2.24) is 14.5 Å². The Morgan fingerprint density at radius 2 is 1.71 bits per heavy atom. The van der Waals surface area contributed by atoms with E-state index in [9.17, 15) is 13.2 Å². The van der Waals surface area contributed by atoms with Gasteiger partial charge in [-0.2, -0.15) is 0 Å². The van der Waals surface area contributed by atoms with Crippen LogP contribution in [0.5, 0.6) is 5.75 Å². The van der Waals surface area contributed by atoms with Crippen molar-refractivity contribution >= 4 is 21.6 Å². The van der Waals surface area contributed by atoms with Gasteiger partial charge in [0.05, 0.1) is 12.0 Å². The molecule has 2 N–H and O–H groups in total. The number of carbonyl (C=O) groups excluding carboxylic acids is 1. The van der Waals surface area contributed by atoms with Crippen molar-refractivity contribution in [3.8, 4) is 5.75 Å². The van der Waals surface area contributed by atoms with Gasteiger partial charge in [-0.25, -0.2) is 12.7 Å². The van der Waals surface area contributed by atoms with Crippen molar-refractivity contribution in [2.75, 3.05) is 46.2 Å². The number of carbonyl (C=O) groups is 1. The molecule has 0 aliphatic carbocycles. The van der Waals surface area contributed by atoms with E-state index in [0.29, 0.717) is 28.6 Å². The van der Waals surface area contributed by atoms with Gasteiger partial charge in [0.15, 0.2) is 0 Å². The SMILES string of the molecule is COc1cc(C)c(S(=O)(=O)N(C)CCC(=O)Nc2ccc(CNC3CCN(C)CC3)cc2)c(C)c1. The molecule has 1 saturated heterocycles. The Morgan fingerprint density at radius 1 is 1.11 bits per heavy atom. The number of nitrogens with zero attached hydrogens (tertiary/aromatic N) is 2. The fourth-order valence-electron chi connectivity index (χ4n) is 4.37. The number of piperidine rings is 1. The number of methoxy groups -OCH3 is 1. The van der Waals surface area contributed by atoms with Gasteiger partial charge in [0, 0.05) is 38.3 Å². The Hall–Kier alpha value is -2.46. The summed E-state index contributed by atoms with van der Waals surface area (Å²) in [6, 6.07) is 11.7. The minimum atomic E-state index is -3.73. The lowest BCUT2D eigenvalue weighted by Crippen LogP contribution is -2.40. The first-order valence-corrected chi connectivity index (χ1v) is 13.5. The summed E-state index contributed by atoms with van der Waals surface area (Å²) in [5.74, 6) is 0.386. The Morgan fingerprint density at radius 3 is 2.29 bits per heavy atom. The van der Waals surface area contributed by atoms with Gasteiger partial charge in [-0.3, -0.25) is 4.79 Å². The van der Waals surface area contributed by atoms with Gasteiger partial charge in [0.1, 0.15) is 5.75 Å². The topological polar surface area (TPSA) is 91.0 Å². The van der Waals surface area contributed by atoms with Crippen LogP contribution in [-0.4, -0.2) is 70.4 Å².